The van der Waals surface area contributed by atoms with E-state index in [0.717, 1.165) is 0 Å². The quantitative estimate of drug-likeness (QED) is 0.468. The molecule has 0 unspecified atom stereocenters. The summed E-state index contributed by atoms with van der Waals surface area (Å²) in [5.74, 6) is 0. The van der Waals surface area contributed by atoms with Gasteiger partial charge in [-0.05, 0) is 25.0 Å². The second-order valence-corrected chi connectivity index (χ2v) is 3.42. The SMILES string of the molecule is N#Cc1ccc(NCCCCF)c([N+](=O)[O-])c1. The van der Waals surface area contributed by atoms with Crippen LogP contribution in [0.4, 0.5) is 15.8 Å². The number of nitro benzene ring substituents is 1. The van der Waals surface area contributed by atoms with Gasteiger partial charge < -0.3 is 5.32 Å². The van der Waals surface area contributed by atoms with Crippen molar-refractivity contribution in [2.75, 3.05) is 18.5 Å². The van der Waals surface area contributed by atoms with Gasteiger partial charge in [0, 0.05) is 12.6 Å². The number of nitrogens with zero attached hydrogens (tertiary/aromatic N) is 2. The van der Waals surface area contributed by atoms with Crippen molar-refractivity contribution in [3.05, 3.63) is 33.9 Å². The van der Waals surface area contributed by atoms with Crippen molar-refractivity contribution in [3.63, 3.8) is 0 Å². The molecule has 0 spiro atoms. The maximum atomic E-state index is 11.9. The average molecular weight is 237 g/mol. The van der Waals surface area contributed by atoms with Gasteiger partial charge in [-0.15, -0.1) is 0 Å². The van der Waals surface area contributed by atoms with Gasteiger partial charge in [-0.3, -0.25) is 14.5 Å². The molecule has 0 fully saturated rings. The molecule has 1 rings (SSSR count). The van der Waals surface area contributed by atoms with Crippen LogP contribution in [0.3, 0.4) is 0 Å². The minimum Gasteiger partial charge on any atom is -0.379 e. The largest absolute Gasteiger partial charge is 0.379 e. The van der Waals surface area contributed by atoms with E-state index in [4.69, 9.17) is 5.26 Å². The second-order valence-electron chi connectivity index (χ2n) is 3.42. The number of anilines is 1. The van der Waals surface area contributed by atoms with Gasteiger partial charge in [0.1, 0.15) is 5.69 Å². The average Bonchev–Trinajstić information content (AvgIpc) is 2.34. The van der Waals surface area contributed by atoms with Crippen molar-refractivity contribution in [1.29, 1.82) is 5.26 Å². The predicted octanol–water partition coefficient (Wildman–Crippen LogP) is 2.63. The van der Waals surface area contributed by atoms with Gasteiger partial charge in [0.2, 0.25) is 0 Å². The zero-order valence-electron chi connectivity index (χ0n) is 9.15. The summed E-state index contributed by atoms with van der Waals surface area (Å²) in [5, 5.41) is 22.3. The third-order valence-electron chi connectivity index (χ3n) is 2.20. The molecule has 0 aliphatic rings. The number of nitro groups is 1. The summed E-state index contributed by atoms with van der Waals surface area (Å²) in [6.07, 6.45) is 1.03. The van der Waals surface area contributed by atoms with Crippen molar-refractivity contribution in [2.45, 2.75) is 12.8 Å². The highest BCUT2D eigenvalue weighted by Gasteiger charge is 2.13. The molecule has 90 valence electrons. The Hall–Kier alpha value is -2.16. The Labute approximate surface area is 98.0 Å². The van der Waals surface area contributed by atoms with Crippen molar-refractivity contribution < 1.29 is 9.31 Å². The summed E-state index contributed by atoms with van der Waals surface area (Å²) in [6.45, 7) is 0.0772. The van der Waals surface area contributed by atoms with E-state index in [0.29, 0.717) is 25.1 Å². The van der Waals surface area contributed by atoms with Gasteiger partial charge in [0.15, 0.2) is 0 Å². The number of hydrogen-bond donors (Lipinski definition) is 1. The van der Waals surface area contributed by atoms with Crippen LogP contribution in [-0.2, 0) is 0 Å². The maximum Gasteiger partial charge on any atom is 0.293 e. The molecule has 0 aliphatic heterocycles. The molecule has 0 aliphatic carbocycles. The number of unbranched alkanes of at least 4 members (excludes halogenated alkanes) is 1. The summed E-state index contributed by atoms with van der Waals surface area (Å²) in [5.41, 5.74) is 0.461. The molecular formula is C11H12FN3O2. The summed E-state index contributed by atoms with van der Waals surface area (Å²) in [6, 6.07) is 6.06. The Bertz CT molecular complexity index is 443. The van der Waals surface area contributed by atoms with Crippen molar-refractivity contribution in [2.24, 2.45) is 0 Å². The van der Waals surface area contributed by atoms with Crippen molar-refractivity contribution >= 4 is 11.4 Å². The van der Waals surface area contributed by atoms with Crippen LogP contribution >= 0.6 is 0 Å². The highest BCUT2D eigenvalue weighted by Crippen LogP contribution is 2.25. The van der Waals surface area contributed by atoms with Gasteiger partial charge in [-0.2, -0.15) is 5.26 Å². The Balaban J connectivity index is 2.77. The third-order valence-corrected chi connectivity index (χ3v) is 2.20. The summed E-state index contributed by atoms with van der Waals surface area (Å²) in [4.78, 5) is 10.2. The van der Waals surface area contributed by atoms with Gasteiger partial charge >= 0.3 is 0 Å². The molecule has 5 nitrogen and oxygen atoms in total. The molecule has 0 saturated heterocycles. The number of hydrogen-bond acceptors (Lipinski definition) is 4. The van der Waals surface area contributed by atoms with Gasteiger partial charge in [-0.25, -0.2) is 0 Å². The lowest BCUT2D eigenvalue weighted by Crippen LogP contribution is -2.04. The molecule has 17 heavy (non-hydrogen) atoms. The van der Waals surface area contributed by atoms with Crippen LogP contribution < -0.4 is 5.32 Å². The number of halogens is 1. The highest BCUT2D eigenvalue weighted by molar-refractivity contribution is 5.63. The zero-order chi connectivity index (χ0) is 12.7. The van der Waals surface area contributed by atoms with Crippen molar-refractivity contribution in [3.8, 4) is 6.07 Å². The van der Waals surface area contributed by atoms with E-state index in [1.807, 2.05) is 6.07 Å². The number of benzene rings is 1. The first kappa shape index (κ1) is 12.9. The second kappa shape index (κ2) is 6.43. The first-order chi connectivity index (χ1) is 8.19. The standard InChI is InChI=1S/C11H12FN3O2/c12-5-1-2-6-14-10-4-3-9(8-13)7-11(10)15(16)17/h3-4,7,14H,1-2,5-6H2. The molecule has 0 radical (unpaired) electrons. The molecule has 0 atom stereocenters. The molecular weight excluding hydrogens is 225 g/mol. The fourth-order valence-corrected chi connectivity index (χ4v) is 1.34. The van der Waals surface area contributed by atoms with Crippen LogP contribution in [0.15, 0.2) is 18.2 Å². The predicted molar refractivity (Wildman–Crippen MR) is 61.5 cm³/mol. The summed E-state index contributed by atoms with van der Waals surface area (Å²) >= 11 is 0. The Kier molecular flexibility index (Phi) is 4.88. The maximum absolute atomic E-state index is 11.9. The summed E-state index contributed by atoms with van der Waals surface area (Å²) in [7, 11) is 0. The molecule has 0 heterocycles. The van der Waals surface area contributed by atoms with Crippen molar-refractivity contribution in [1.82, 2.24) is 0 Å². The normalized spacial score (nSPS) is 9.65. The van der Waals surface area contributed by atoms with Crippen LogP contribution in [0.2, 0.25) is 0 Å². The van der Waals surface area contributed by atoms with E-state index in [9.17, 15) is 14.5 Å². The van der Waals surface area contributed by atoms with Crippen LogP contribution in [-0.4, -0.2) is 18.1 Å². The van der Waals surface area contributed by atoms with Crippen LogP contribution in [0.1, 0.15) is 18.4 Å². The first-order valence-corrected chi connectivity index (χ1v) is 5.17. The first-order valence-electron chi connectivity index (χ1n) is 5.17. The smallest absolute Gasteiger partial charge is 0.293 e. The fraction of sp³-hybridized carbons (Fsp3) is 0.364. The molecule has 0 bridgehead atoms. The Morgan fingerprint density at radius 3 is 2.82 bits per heavy atom. The molecule has 1 N–H and O–H groups in total. The van der Waals surface area contributed by atoms with E-state index in [-0.39, 0.29) is 11.3 Å². The van der Waals surface area contributed by atoms with Crippen LogP contribution in [0, 0.1) is 21.4 Å². The molecule has 0 amide bonds. The van der Waals surface area contributed by atoms with Crippen LogP contribution in [0.25, 0.3) is 0 Å². The van der Waals surface area contributed by atoms with Crippen LogP contribution in [0.5, 0.6) is 0 Å². The van der Waals surface area contributed by atoms with E-state index in [1.165, 1.54) is 18.2 Å². The molecule has 1 aromatic rings. The minimum atomic E-state index is -0.543. The number of nitriles is 1. The number of alkyl halides is 1. The molecule has 1 aromatic carbocycles. The molecule has 0 aromatic heterocycles. The van der Waals surface area contributed by atoms with E-state index in [2.05, 4.69) is 5.32 Å². The van der Waals surface area contributed by atoms with Gasteiger partial charge in [-0.1, -0.05) is 0 Å². The lowest BCUT2D eigenvalue weighted by atomic mass is 10.2. The lowest BCUT2D eigenvalue weighted by molar-refractivity contribution is -0.384. The summed E-state index contributed by atoms with van der Waals surface area (Å²) < 4.78 is 11.9. The number of rotatable bonds is 6. The Morgan fingerprint density at radius 1 is 1.47 bits per heavy atom. The Morgan fingerprint density at radius 2 is 2.24 bits per heavy atom. The molecule has 0 saturated carbocycles. The third kappa shape index (κ3) is 3.72. The van der Waals surface area contributed by atoms with E-state index < -0.39 is 11.6 Å². The zero-order valence-corrected chi connectivity index (χ0v) is 9.15. The highest BCUT2D eigenvalue weighted by atomic mass is 19.1. The molecule has 6 heteroatoms. The topological polar surface area (TPSA) is 79.0 Å². The van der Waals surface area contributed by atoms with Gasteiger partial charge in [0.05, 0.1) is 23.2 Å². The lowest BCUT2D eigenvalue weighted by Gasteiger charge is -2.06. The van der Waals surface area contributed by atoms with Gasteiger partial charge in [0.25, 0.3) is 5.69 Å². The minimum absolute atomic E-state index is 0.135. The monoisotopic (exact) mass is 237 g/mol. The fourth-order valence-electron chi connectivity index (χ4n) is 1.34. The van der Waals surface area contributed by atoms with E-state index >= 15 is 0 Å². The number of nitrogens with one attached hydrogen (secondary N) is 1. The van der Waals surface area contributed by atoms with E-state index in [1.54, 1.807) is 0 Å².